The summed E-state index contributed by atoms with van der Waals surface area (Å²) in [6.07, 6.45) is 1.57. The van der Waals surface area contributed by atoms with Crippen LogP contribution in [0.25, 0.3) is 17.2 Å². The van der Waals surface area contributed by atoms with E-state index in [9.17, 15) is 19.6 Å². The van der Waals surface area contributed by atoms with E-state index in [1.54, 1.807) is 85.8 Å². The lowest BCUT2D eigenvalue weighted by atomic mass is 10.0. The summed E-state index contributed by atoms with van der Waals surface area (Å²) in [5, 5.41) is 20.8. The molecule has 0 saturated carbocycles. The Labute approximate surface area is 286 Å². The van der Waals surface area contributed by atoms with Gasteiger partial charge in [0.25, 0.3) is 11.8 Å². The zero-order chi connectivity index (χ0) is 33.3. The Hall–Kier alpha value is -5.14. The number of benzene rings is 4. The zero-order valence-electron chi connectivity index (χ0n) is 25.4. The Kier molecular flexibility index (Phi) is 10.9. The monoisotopic (exact) mass is 676 g/mol. The van der Waals surface area contributed by atoms with Crippen LogP contribution >= 0.6 is 34.7 Å². The molecule has 1 aromatic heterocycles. The van der Waals surface area contributed by atoms with Crippen molar-refractivity contribution in [2.45, 2.75) is 24.0 Å². The van der Waals surface area contributed by atoms with Gasteiger partial charge in [-0.15, -0.1) is 23.1 Å². The highest BCUT2D eigenvalue weighted by Crippen LogP contribution is 2.36. The van der Waals surface area contributed by atoms with Gasteiger partial charge in [-0.2, -0.15) is 5.26 Å². The molecule has 234 valence electrons. The first-order valence-corrected chi connectivity index (χ1v) is 16.6. The molecular formula is C37H29ClN4O3S2. The molecule has 5 aromatic rings. The van der Waals surface area contributed by atoms with Crippen LogP contribution in [0.3, 0.4) is 0 Å². The zero-order valence-corrected chi connectivity index (χ0v) is 27.8. The second-order valence-corrected chi connectivity index (χ2v) is 13.2. The third-order valence-corrected chi connectivity index (χ3v) is 9.23. The number of carbonyl (C=O) groups excluding carboxylic acids is 3. The predicted octanol–water partition coefficient (Wildman–Crippen LogP) is 8.78. The van der Waals surface area contributed by atoms with Gasteiger partial charge < -0.3 is 16.0 Å². The topological polar surface area (TPSA) is 111 Å². The molecule has 0 spiro atoms. The van der Waals surface area contributed by atoms with Crippen LogP contribution in [0, 0.1) is 18.3 Å². The maximum Gasteiger partial charge on any atom is 0.272 e. The van der Waals surface area contributed by atoms with E-state index in [4.69, 9.17) is 11.6 Å². The van der Waals surface area contributed by atoms with Crippen molar-refractivity contribution in [2.24, 2.45) is 0 Å². The number of aryl methyl sites for hydroxylation is 1. The number of rotatable bonds is 10. The number of nitriles is 1. The molecule has 5 rings (SSSR count). The molecule has 0 bridgehead atoms. The standard InChI is InChI=1S/C37H29ClN4O3S2/c1-23-11-15-26(16-12-23)32-22-46-37(31(32)21-39)42-34(43)24(2)47-30-10-6-9-29(20-30)40-36(45)33(19-25-13-17-28(38)18-14-25)41-35(44)27-7-4-3-5-8-27/h3-20,22,24H,1-2H3,(H,40,45)(H,41,44)(H,42,43)/b33-19+. The van der Waals surface area contributed by atoms with Crippen molar-refractivity contribution in [3.8, 4) is 17.2 Å². The minimum Gasteiger partial charge on any atom is -0.321 e. The molecule has 3 N–H and O–H groups in total. The number of nitrogens with zero attached hydrogens (tertiary/aromatic N) is 1. The van der Waals surface area contributed by atoms with Gasteiger partial charge in [0.15, 0.2) is 0 Å². The van der Waals surface area contributed by atoms with E-state index in [1.165, 1.54) is 23.1 Å². The SMILES string of the molecule is Cc1ccc(-c2csc(NC(=O)C(C)Sc3cccc(NC(=O)/C(=C\c4ccc(Cl)cc4)NC(=O)c4ccccc4)c3)c2C#N)cc1. The lowest BCUT2D eigenvalue weighted by Gasteiger charge is -2.14. The van der Waals surface area contributed by atoms with E-state index in [2.05, 4.69) is 22.0 Å². The average Bonchev–Trinajstić information content (AvgIpc) is 3.48. The van der Waals surface area contributed by atoms with E-state index < -0.39 is 17.1 Å². The van der Waals surface area contributed by atoms with Gasteiger partial charge in [0, 0.05) is 32.1 Å². The number of amides is 3. The quantitative estimate of drug-likeness (QED) is 0.101. The van der Waals surface area contributed by atoms with Crippen LogP contribution in [-0.4, -0.2) is 23.0 Å². The maximum absolute atomic E-state index is 13.5. The van der Waals surface area contributed by atoms with Crippen molar-refractivity contribution < 1.29 is 14.4 Å². The lowest BCUT2D eigenvalue weighted by molar-refractivity contribution is -0.115. The first-order valence-electron chi connectivity index (χ1n) is 14.5. The molecule has 4 aromatic carbocycles. The van der Waals surface area contributed by atoms with Gasteiger partial charge in [0.05, 0.1) is 10.8 Å². The molecule has 1 unspecified atom stereocenters. The third-order valence-electron chi connectivity index (χ3n) is 6.99. The minimum absolute atomic E-state index is 0.0428. The summed E-state index contributed by atoms with van der Waals surface area (Å²) in [4.78, 5) is 40.3. The normalized spacial score (nSPS) is 11.7. The number of anilines is 2. The highest BCUT2D eigenvalue weighted by molar-refractivity contribution is 8.00. The Morgan fingerprint density at radius 3 is 2.34 bits per heavy atom. The summed E-state index contributed by atoms with van der Waals surface area (Å²) in [5.41, 5.74) is 4.85. The van der Waals surface area contributed by atoms with Crippen LogP contribution in [-0.2, 0) is 9.59 Å². The van der Waals surface area contributed by atoms with Crippen molar-refractivity contribution in [3.63, 3.8) is 0 Å². The predicted molar refractivity (Wildman–Crippen MR) is 192 cm³/mol. The van der Waals surface area contributed by atoms with E-state index >= 15 is 0 Å². The molecule has 0 saturated heterocycles. The van der Waals surface area contributed by atoms with Gasteiger partial charge in [0.1, 0.15) is 16.8 Å². The summed E-state index contributed by atoms with van der Waals surface area (Å²) in [6.45, 7) is 3.78. The fraction of sp³-hybridized carbons (Fsp3) is 0.0811. The molecule has 47 heavy (non-hydrogen) atoms. The highest BCUT2D eigenvalue weighted by Gasteiger charge is 2.20. The van der Waals surface area contributed by atoms with Crippen LogP contribution in [0.5, 0.6) is 0 Å². The highest BCUT2D eigenvalue weighted by atomic mass is 35.5. The van der Waals surface area contributed by atoms with Crippen LogP contribution in [0.15, 0.2) is 119 Å². The molecule has 0 aliphatic heterocycles. The summed E-state index contributed by atoms with van der Waals surface area (Å²) in [5.74, 6) is -1.21. The Morgan fingerprint density at radius 1 is 0.915 bits per heavy atom. The van der Waals surface area contributed by atoms with Crippen LogP contribution in [0.2, 0.25) is 5.02 Å². The van der Waals surface area contributed by atoms with Gasteiger partial charge in [-0.3, -0.25) is 14.4 Å². The van der Waals surface area contributed by atoms with Crippen molar-refractivity contribution in [1.29, 1.82) is 5.26 Å². The van der Waals surface area contributed by atoms with E-state index in [-0.39, 0.29) is 11.6 Å². The molecule has 1 atom stereocenters. The molecule has 0 fully saturated rings. The summed E-state index contributed by atoms with van der Waals surface area (Å²) in [7, 11) is 0. The summed E-state index contributed by atoms with van der Waals surface area (Å²) >= 11 is 8.65. The van der Waals surface area contributed by atoms with E-state index in [1.807, 2.05) is 42.6 Å². The molecule has 10 heteroatoms. The largest absolute Gasteiger partial charge is 0.321 e. The number of thiophene rings is 1. The summed E-state index contributed by atoms with van der Waals surface area (Å²) < 4.78 is 0. The molecular weight excluding hydrogens is 648 g/mol. The minimum atomic E-state index is -0.525. The number of thioether (sulfide) groups is 1. The smallest absolute Gasteiger partial charge is 0.272 e. The molecule has 1 heterocycles. The van der Waals surface area contributed by atoms with Crippen LogP contribution < -0.4 is 16.0 Å². The van der Waals surface area contributed by atoms with Gasteiger partial charge in [-0.1, -0.05) is 77.8 Å². The molecule has 3 amide bonds. The second kappa shape index (κ2) is 15.4. The Bertz CT molecular complexity index is 1980. The van der Waals surface area contributed by atoms with Gasteiger partial charge >= 0.3 is 0 Å². The Morgan fingerprint density at radius 2 is 1.64 bits per heavy atom. The fourth-order valence-electron chi connectivity index (χ4n) is 4.49. The lowest BCUT2D eigenvalue weighted by Crippen LogP contribution is -2.30. The molecule has 0 aliphatic rings. The first-order chi connectivity index (χ1) is 22.7. The number of nitrogens with one attached hydrogen (secondary N) is 3. The number of carbonyl (C=O) groups is 3. The van der Waals surface area contributed by atoms with Gasteiger partial charge in [-0.25, -0.2) is 0 Å². The Balaban J connectivity index is 1.27. The number of halogens is 1. The number of hydrogen-bond acceptors (Lipinski definition) is 6. The van der Waals surface area contributed by atoms with Crippen molar-refractivity contribution in [2.75, 3.05) is 10.6 Å². The van der Waals surface area contributed by atoms with Gasteiger partial charge in [-0.05, 0) is 73.5 Å². The fourth-order valence-corrected chi connectivity index (χ4v) is 6.47. The van der Waals surface area contributed by atoms with Crippen molar-refractivity contribution >= 4 is 69.2 Å². The molecule has 7 nitrogen and oxygen atoms in total. The van der Waals surface area contributed by atoms with E-state index in [0.717, 1.165) is 21.6 Å². The van der Waals surface area contributed by atoms with Gasteiger partial charge in [0.2, 0.25) is 5.91 Å². The number of hydrogen-bond donors (Lipinski definition) is 3. The molecule has 0 aliphatic carbocycles. The van der Waals surface area contributed by atoms with Crippen LogP contribution in [0.4, 0.5) is 10.7 Å². The van der Waals surface area contributed by atoms with Crippen molar-refractivity contribution in [1.82, 2.24) is 5.32 Å². The summed E-state index contributed by atoms with van der Waals surface area (Å²) in [6, 6.07) is 32.7. The molecule has 0 radical (unpaired) electrons. The first kappa shape index (κ1) is 33.2. The van der Waals surface area contributed by atoms with E-state index in [0.29, 0.717) is 32.4 Å². The van der Waals surface area contributed by atoms with Crippen LogP contribution in [0.1, 0.15) is 34.0 Å². The second-order valence-electron chi connectivity index (χ2n) is 10.5. The maximum atomic E-state index is 13.5. The van der Waals surface area contributed by atoms with Crippen molar-refractivity contribution in [3.05, 3.63) is 141 Å². The third kappa shape index (κ3) is 8.77. The average molecular weight is 677 g/mol.